The number of para-hydroxylation sites is 1. The van der Waals surface area contributed by atoms with Crippen molar-refractivity contribution in [3.8, 4) is 17.2 Å². The van der Waals surface area contributed by atoms with Crippen molar-refractivity contribution in [2.24, 2.45) is 5.10 Å². The van der Waals surface area contributed by atoms with Crippen molar-refractivity contribution in [1.29, 1.82) is 0 Å². The maximum atomic E-state index is 13.3. The number of carbonyl (C=O) groups excluding carboxylic acids is 1. The van der Waals surface area contributed by atoms with E-state index in [1.165, 1.54) is 0 Å². The van der Waals surface area contributed by atoms with E-state index in [-0.39, 0.29) is 11.9 Å². The lowest BCUT2D eigenvalue weighted by Gasteiger charge is -2.25. The summed E-state index contributed by atoms with van der Waals surface area (Å²) in [7, 11) is 4.90. The van der Waals surface area contributed by atoms with Crippen LogP contribution < -0.4 is 14.2 Å². The number of nitrogens with zero attached hydrogens (tertiary/aromatic N) is 3. The average molecular weight is 424 g/mol. The first-order chi connectivity index (χ1) is 15.1. The molecule has 1 fully saturated rings. The topological polar surface area (TPSA) is 63.6 Å². The van der Waals surface area contributed by atoms with E-state index < -0.39 is 0 Å². The summed E-state index contributed by atoms with van der Waals surface area (Å²) in [5, 5.41) is 6.42. The zero-order valence-electron chi connectivity index (χ0n) is 18.3. The molecule has 0 unspecified atom stereocenters. The second kappa shape index (κ2) is 9.39. The minimum atomic E-state index is -0.254. The zero-order chi connectivity index (χ0) is 21.8. The lowest BCUT2D eigenvalue weighted by atomic mass is 9.97. The molecule has 0 aromatic heterocycles. The summed E-state index contributed by atoms with van der Waals surface area (Å²) >= 11 is 0. The van der Waals surface area contributed by atoms with Gasteiger partial charge in [-0.1, -0.05) is 12.1 Å². The van der Waals surface area contributed by atoms with Crippen LogP contribution in [0, 0.1) is 0 Å². The Bertz CT molecular complexity index is 969. The minimum absolute atomic E-state index is 0.00494. The van der Waals surface area contributed by atoms with Gasteiger partial charge in [-0.25, -0.2) is 5.01 Å². The van der Waals surface area contributed by atoms with Gasteiger partial charge in [-0.2, -0.15) is 5.10 Å². The Morgan fingerprint density at radius 1 is 1.00 bits per heavy atom. The molecule has 0 N–H and O–H groups in total. The number of likely N-dealkylation sites (tertiary alicyclic amines) is 1. The Labute approximate surface area is 183 Å². The first-order valence-electron chi connectivity index (χ1n) is 10.6. The van der Waals surface area contributed by atoms with Crippen molar-refractivity contribution in [1.82, 2.24) is 9.91 Å². The predicted octanol–water partition coefficient (Wildman–Crippen LogP) is 3.49. The van der Waals surface area contributed by atoms with Gasteiger partial charge in [0, 0.05) is 23.6 Å². The molecule has 2 aromatic rings. The van der Waals surface area contributed by atoms with E-state index in [2.05, 4.69) is 4.90 Å². The van der Waals surface area contributed by atoms with Crippen LogP contribution in [-0.4, -0.2) is 62.5 Å². The predicted molar refractivity (Wildman–Crippen MR) is 119 cm³/mol. The molecule has 0 aliphatic carbocycles. The molecular weight excluding hydrogens is 394 g/mol. The molecule has 2 aliphatic rings. The largest absolute Gasteiger partial charge is 0.497 e. The summed E-state index contributed by atoms with van der Waals surface area (Å²) in [6, 6.07) is 13.2. The number of ether oxygens (including phenoxy) is 3. The molecule has 1 amide bonds. The number of benzene rings is 2. The summed E-state index contributed by atoms with van der Waals surface area (Å²) < 4.78 is 16.5. The highest BCUT2D eigenvalue weighted by atomic mass is 16.5. The highest BCUT2D eigenvalue weighted by Crippen LogP contribution is 2.40. The lowest BCUT2D eigenvalue weighted by molar-refractivity contribution is -0.134. The molecule has 0 radical (unpaired) electrons. The van der Waals surface area contributed by atoms with Gasteiger partial charge in [0.1, 0.15) is 17.2 Å². The van der Waals surface area contributed by atoms with Crippen LogP contribution >= 0.6 is 0 Å². The van der Waals surface area contributed by atoms with Gasteiger partial charge in [-0.05, 0) is 50.2 Å². The first-order valence-corrected chi connectivity index (χ1v) is 10.6. The van der Waals surface area contributed by atoms with Gasteiger partial charge in [0.2, 0.25) is 0 Å². The van der Waals surface area contributed by atoms with Crippen molar-refractivity contribution in [2.75, 3.05) is 41.0 Å². The lowest BCUT2D eigenvalue weighted by Crippen LogP contribution is -2.37. The van der Waals surface area contributed by atoms with Gasteiger partial charge in [0.25, 0.3) is 5.91 Å². The molecule has 4 rings (SSSR count). The Morgan fingerprint density at radius 2 is 1.74 bits per heavy atom. The smallest absolute Gasteiger partial charge is 0.257 e. The number of hydrazone groups is 1. The Hall–Kier alpha value is -3.06. The van der Waals surface area contributed by atoms with E-state index in [4.69, 9.17) is 19.3 Å². The first kappa shape index (κ1) is 21.2. The molecule has 1 saturated heterocycles. The molecule has 1 atom stereocenters. The number of hydrogen-bond acceptors (Lipinski definition) is 6. The van der Waals surface area contributed by atoms with Crippen molar-refractivity contribution in [3.05, 3.63) is 53.6 Å². The highest BCUT2D eigenvalue weighted by Gasteiger charge is 2.36. The Balaban J connectivity index is 1.70. The average Bonchev–Trinajstić information content (AvgIpc) is 3.48. The van der Waals surface area contributed by atoms with Crippen LogP contribution in [0.15, 0.2) is 47.6 Å². The molecule has 2 aliphatic heterocycles. The van der Waals surface area contributed by atoms with Crippen LogP contribution in [0.2, 0.25) is 0 Å². The van der Waals surface area contributed by atoms with Gasteiger partial charge in [0.05, 0.1) is 39.6 Å². The van der Waals surface area contributed by atoms with Crippen molar-refractivity contribution in [2.45, 2.75) is 25.3 Å². The molecule has 7 nitrogen and oxygen atoms in total. The number of methoxy groups -OCH3 is 3. The minimum Gasteiger partial charge on any atom is -0.497 e. The molecule has 7 heteroatoms. The fourth-order valence-electron chi connectivity index (χ4n) is 4.33. The second-order valence-electron chi connectivity index (χ2n) is 7.80. The third kappa shape index (κ3) is 4.37. The van der Waals surface area contributed by atoms with Crippen LogP contribution in [0.4, 0.5) is 0 Å². The van der Waals surface area contributed by atoms with Crippen LogP contribution in [0.25, 0.3) is 0 Å². The third-order valence-electron chi connectivity index (χ3n) is 5.94. The summed E-state index contributed by atoms with van der Waals surface area (Å²) in [5.74, 6) is 2.13. The summed E-state index contributed by atoms with van der Waals surface area (Å²) in [4.78, 5) is 15.5. The van der Waals surface area contributed by atoms with Gasteiger partial charge in [-0.3, -0.25) is 9.69 Å². The Morgan fingerprint density at radius 3 is 2.45 bits per heavy atom. The normalized spacial score (nSPS) is 18.7. The SMILES string of the molecule is COc1ccc([C@H]2CC(c3ccccc3OC)=NN2C(=O)CN2CCCC2)c(OC)c1. The van der Waals surface area contributed by atoms with Crippen molar-refractivity contribution < 1.29 is 19.0 Å². The van der Waals surface area contributed by atoms with Crippen LogP contribution in [0.1, 0.15) is 36.4 Å². The van der Waals surface area contributed by atoms with E-state index in [1.807, 2.05) is 42.5 Å². The summed E-state index contributed by atoms with van der Waals surface area (Å²) in [5.41, 5.74) is 2.64. The Kier molecular flexibility index (Phi) is 6.42. The third-order valence-corrected chi connectivity index (χ3v) is 5.94. The maximum absolute atomic E-state index is 13.3. The van der Waals surface area contributed by atoms with Crippen LogP contribution in [0.5, 0.6) is 17.2 Å². The van der Waals surface area contributed by atoms with Gasteiger partial charge < -0.3 is 14.2 Å². The van der Waals surface area contributed by atoms with Gasteiger partial charge in [0.15, 0.2) is 0 Å². The maximum Gasteiger partial charge on any atom is 0.257 e. The number of hydrogen-bond donors (Lipinski definition) is 0. The summed E-state index contributed by atoms with van der Waals surface area (Å²) in [6.45, 7) is 2.29. The van der Waals surface area contributed by atoms with Crippen molar-refractivity contribution in [3.63, 3.8) is 0 Å². The van der Waals surface area contributed by atoms with Crippen LogP contribution in [0.3, 0.4) is 0 Å². The van der Waals surface area contributed by atoms with Gasteiger partial charge >= 0.3 is 0 Å². The molecule has 0 bridgehead atoms. The molecule has 2 heterocycles. The van der Waals surface area contributed by atoms with E-state index in [9.17, 15) is 4.79 Å². The fraction of sp³-hybridized carbons (Fsp3) is 0.417. The van der Waals surface area contributed by atoms with Crippen LogP contribution in [-0.2, 0) is 4.79 Å². The number of amides is 1. The number of rotatable bonds is 7. The standard InChI is InChI=1S/C24H29N3O4/c1-29-17-10-11-19(23(14-17)31-3)21-15-20(18-8-4-5-9-22(18)30-2)25-27(21)24(28)16-26-12-6-7-13-26/h4-5,8-11,14,21H,6-7,12-13,15-16H2,1-3H3/t21-/m1/s1. The second-order valence-corrected chi connectivity index (χ2v) is 7.80. The monoisotopic (exact) mass is 423 g/mol. The zero-order valence-corrected chi connectivity index (χ0v) is 18.3. The summed E-state index contributed by atoms with van der Waals surface area (Å²) in [6.07, 6.45) is 2.85. The van der Waals surface area contributed by atoms with Crippen molar-refractivity contribution >= 4 is 11.6 Å². The van der Waals surface area contributed by atoms with E-state index in [1.54, 1.807) is 26.3 Å². The number of carbonyl (C=O) groups is 1. The molecule has 164 valence electrons. The molecule has 31 heavy (non-hydrogen) atoms. The quantitative estimate of drug-likeness (QED) is 0.682. The van der Waals surface area contributed by atoms with E-state index in [0.29, 0.717) is 24.5 Å². The van der Waals surface area contributed by atoms with Gasteiger partial charge in [-0.15, -0.1) is 0 Å². The molecule has 0 spiro atoms. The molecular formula is C24H29N3O4. The fourth-order valence-corrected chi connectivity index (χ4v) is 4.33. The van der Waals surface area contributed by atoms with E-state index >= 15 is 0 Å². The van der Waals surface area contributed by atoms with E-state index in [0.717, 1.165) is 48.5 Å². The molecule has 2 aromatic carbocycles. The highest BCUT2D eigenvalue weighted by molar-refractivity contribution is 6.05. The molecule has 0 saturated carbocycles.